The van der Waals surface area contributed by atoms with Crippen LogP contribution in [0, 0.1) is 0 Å². The first-order valence-electron chi connectivity index (χ1n) is 11.0. The second-order valence-electron chi connectivity index (χ2n) is 7.71. The zero-order valence-corrected chi connectivity index (χ0v) is 21.1. The number of nitrogens with zero attached hydrogens (tertiary/aromatic N) is 1. The van der Waals surface area contributed by atoms with Crippen molar-refractivity contribution in [3.63, 3.8) is 0 Å². The molecule has 3 aromatic carbocycles. The average molecular weight is 513 g/mol. The molecule has 0 heterocycles. The Morgan fingerprint density at radius 3 is 2.14 bits per heavy atom. The lowest BCUT2D eigenvalue weighted by molar-refractivity contribution is -0.116. The Hall–Kier alpha value is -3.89. The first-order valence-corrected chi connectivity index (χ1v) is 12.5. The fourth-order valence-corrected chi connectivity index (χ4v) is 4.89. The van der Waals surface area contributed by atoms with Crippen molar-refractivity contribution < 1.29 is 32.2 Å². The van der Waals surface area contributed by atoms with Crippen molar-refractivity contribution in [2.45, 2.75) is 11.3 Å². The maximum atomic E-state index is 13.6. The maximum absolute atomic E-state index is 13.6. The number of carbonyl (C=O) groups is 2. The van der Waals surface area contributed by atoms with E-state index in [9.17, 15) is 18.0 Å². The highest BCUT2D eigenvalue weighted by Crippen LogP contribution is 2.30. The molecule has 0 bridgehead atoms. The zero-order chi connectivity index (χ0) is 26.1. The van der Waals surface area contributed by atoms with E-state index in [0.29, 0.717) is 23.4 Å². The highest BCUT2D eigenvalue weighted by Gasteiger charge is 2.28. The summed E-state index contributed by atoms with van der Waals surface area (Å²) >= 11 is 0. The van der Waals surface area contributed by atoms with Crippen LogP contribution in [-0.4, -0.2) is 59.0 Å². The highest BCUT2D eigenvalue weighted by atomic mass is 32.2. The molecule has 0 saturated heterocycles. The van der Waals surface area contributed by atoms with Gasteiger partial charge in [-0.3, -0.25) is 4.79 Å². The van der Waals surface area contributed by atoms with Gasteiger partial charge in [-0.15, -0.1) is 0 Å². The summed E-state index contributed by atoms with van der Waals surface area (Å²) < 4.78 is 43.4. The molecule has 0 atom stereocenters. The van der Waals surface area contributed by atoms with Crippen LogP contribution in [0.1, 0.15) is 15.9 Å². The summed E-state index contributed by atoms with van der Waals surface area (Å²) in [5.41, 5.74) is 1.68. The number of esters is 1. The second kappa shape index (κ2) is 12.2. The van der Waals surface area contributed by atoms with Gasteiger partial charge in [-0.05, 0) is 48.4 Å². The van der Waals surface area contributed by atoms with Crippen molar-refractivity contribution in [2.75, 3.05) is 39.7 Å². The first-order chi connectivity index (χ1) is 17.3. The number of rotatable bonds is 11. The van der Waals surface area contributed by atoms with Crippen LogP contribution < -0.4 is 14.8 Å². The molecule has 0 aromatic heterocycles. The molecule has 0 aliphatic carbocycles. The number of hydrogen-bond donors (Lipinski definition) is 1. The number of nitrogens with one attached hydrogen (secondary N) is 1. The van der Waals surface area contributed by atoms with Crippen LogP contribution in [0.4, 0.5) is 5.69 Å². The van der Waals surface area contributed by atoms with Crippen LogP contribution in [0.3, 0.4) is 0 Å². The molecule has 3 rings (SSSR count). The third kappa shape index (κ3) is 6.61. The monoisotopic (exact) mass is 512 g/mol. The third-order valence-corrected chi connectivity index (χ3v) is 7.24. The molecule has 36 heavy (non-hydrogen) atoms. The van der Waals surface area contributed by atoms with E-state index in [1.165, 1.54) is 51.7 Å². The molecule has 10 heteroatoms. The van der Waals surface area contributed by atoms with E-state index in [1.807, 2.05) is 30.3 Å². The van der Waals surface area contributed by atoms with Crippen LogP contribution in [0.15, 0.2) is 77.7 Å². The number of anilines is 1. The molecule has 0 fully saturated rings. The summed E-state index contributed by atoms with van der Waals surface area (Å²) in [5.74, 6) is -0.379. The van der Waals surface area contributed by atoms with Gasteiger partial charge >= 0.3 is 5.97 Å². The summed E-state index contributed by atoms with van der Waals surface area (Å²) in [7, 11) is 0.0925. The van der Waals surface area contributed by atoms with Crippen molar-refractivity contribution in [2.24, 2.45) is 0 Å². The van der Waals surface area contributed by atoms with Crippen LogP contribution in [0.25, 0.3) is 0 Å². The smallest absolute Gasteiger partial charge is 0.337 e. The third-order valence-electron chi connectivity index (χ3n) is 5.40. The molecular weight excluding hydrogens is 484 g/mol. The van der Waals surface area contributed by atoms with Gasteiger partial charge in [0.25, 0.3) is 0 Å². The lowest BCUT2D eigenvalue weighted by atomic mass is 10.1. The molecular formula is C26H28N2O7S. The molecule has 0 radical (unpaired) electrons. The summed E-state index contributed by atoms with van der Waals surface area (Å²) in [6, 6.07) is 19.8. The van der Waals surface area contributed by atoms with E-state index in [0.717, 1.165) is 9.87 Å². The fourth-order valence-electron chi connectivity index (χ4n) is 3.48. The highest BCUT2D eigenvalue weighted by molar-refractivity contribution is 7.89. The SMILES string of the molecule is COC(=O)c1ccc(NC(=O)CN(CCc2ccccc2)S(=O)(=O)c2ccc(OC)c(OC)c2)cc1. The molecule has 0 unspecified atom stereocenters. The Labute approximate surface area is 210 Å². The summed E-state index contributed by atoms with van der Waals surface area (Å²) in [6.07, 6.45) is 0.411. The zero-order valence-electron chi connectivity index (χ0n) is 20.3. The Bertz CT molecular complexity index is 1290. The van der Waals surface area contributed by atoms with Gasteiger partial charge in [0.2, 0.25) is 15.9 Å². The summed E-state index contributed by atoms with van der Waals surface area (Å²) in [5, 5.41) is 2.68. The van der Waals surface area contributed by atoms with Crippen LogP contribution in [0.5, 0.6) is 11.5 Å². The minimum absolute atomic E-state index is 0.0246. The quantitative estimate of drug-likeness (QED) is 0.392. The van der Waals surface area contributed by atoms with E-state index < -0.39 is 28.4 Å². The van der Waals surface area contributed by atoms with Gasteiger partial charge in [0.15, 0.2) is 11.5 Å². The number of benzene rings is 3. The second-order valence-corrected chi connectivity index (χ2v) is 9.65. The Kier molecular flexibility index (Phi) is 9.04. The molecule has 3 aromatic rings. The van der Waals surface area contributed by atoms with Crippen molar-refractivity contribution in [3.05, 3.63) is 83.9 Å². The summed E-state index contributed by atoms with van der Waals surface area (Å²) in [6.45, 7) is -0.336. The van der Waals surface area contributed by atoms with E-state index in [4.69, 9.17) is 9.47 Å². The van der Waals surface area contributed by atoms with Gasteiger partial charge < -0.3 is 19.5 Å². The Morgan fingerprint density at radius 2 is 1.53 bits per heavy atom. The lowest BCUT2D eigenvalue weighted by Crippen LogP contribution is -2.39. The largest absolute Gasteiger partial charge is 0.493 e. The predicted octanol–water partition coefficient (Wildman–Crippen LogP) is 3.36. The normalized spacial score (nSPS) is 11.1. The van der Waals surface area contributed by atoms with E-state index in [2.05, 4.69) is 10.1 Å². The number of sulfonamides is 1. The topological polar surface area (TPSA) is 111 Å². The number of hydrogen-bond acceptors (Lipinski definition) is 7. The van der Waals surface area contributed by atoms with Gasteiger partial charge in [-0.25, -0.2) is 13.2 Å². The van der Waals surface area contributed by atoms with E-state index >= 15 is 0 Å². The van der Waals surface area contributed by atoms with Gasteiger partial charge in [-0.1, -0.05) is 30.3 Å². The van der Waals surface area contributed by atoms with Crippen molar-refractivity contribution in [1.29, 1.82) is 0 Å². The van der Waals surface area contributed by atoms with Crippen LogP contribution in [-0.2, 0) is 26.0 Å². The van der Waals surface area contributed by atoms with Crippen molar-refractivity contribution in [1.82, 2.24) is 4.31 Å². The number of amides is 1. The minimum atomic E-state index is -4.06. The number of carbonyl (C=O) groups excluding carboxylic acids is 2. The Balaban J connectivity index is 1.83. The minimum Gasteiger partial charge on any atom is -0.493 e. The molecule has 9 nitrogen and oxygen atoms in total. The molecule has 0 aliphatic heterocycles. The fraction of sp³-hybridized carbons (Fsp3) is 0.231. The molecule has 1 amide bonds. The van der Waals surface area contributed by atoms with Gasteiger partial charge in [0.05, 0.1) is 38.3 Å². The maximum Gasteiger partial charge on any atom is 0.337 e. The van der Waals surface area contributed by atoms with Gasteiger partial charge in [0, 0.05) is 18.3 Å². The van der Waals surface area contributed by atoms with E-state index in [1.54, 1.807) is 12.1 Å². The summed E-state index contributed by atoms with van der Waals surface area (Å²) in [4.78, 5) is 24.4. The van der Waals surface area contributed by atoms with E-state index in [-0.39, 0.29) is 17.2 Å². The van der Waals surface area contributed by atoms with Gasteiger partial charge in [-0.2, -0.15) is 4.31 Å². The standard InChI is InChI=1S/C26H28N2O7S/c1-33-23-14-13-22(17-24(23)34-2)36(31,32)28(16-15-19-7-5-4-6-8-19)18-25(29)27-21-11-9-20(10-12-21)26(30)35-3/h4-14,17H,15-16,18H2,1-3H3,(H,27,29). The first kappa shape index (κ1) is 26.7. The van der Waals surface area contributed by atoms with Crippen molar-refractivity contribution >= 4 is 27.6 Å². The van der Waals surface area contributed by atoms with Crippen molar-refractivity contribution in [3.8, 4) is 11.5 Å². The molecule has 190 valence electrons. The molecule has 1 N–H and O–H groups in total. The predicted molar refractivity (Wildman–Crippen MR) is 135 cm³/mol. The number of methoxy groups -OCH3 is 3. The van der Waals surface area contributed by atoms with Gasteiger partial charge in [0.1, 0.15) is 0 Å². The Morgan fingerprint density at radius 1 is 0.861 bits per heavy atom. The molecule has 0 aliphatic rings. The molecule has 0 spiro atoms. The van der Waals surface area contributed by atoms with Crippen LogP contribution in [0.2, 0.25) is 0 Å². The average Bonchev–Trinajstić information content (AvgIpc) is 2.90. The number of ether oxygens (including phenoxy) is 3. The molecule has 0 saturated carbocycles. The lowest BCUT2D eigenvalue weighted by Gasteiger charge is -2.22. The van der Waals surface area contributed by atoms with Crippen LogP contribution >= 0.6 is 0 Å².